The first-order valence-electron chi connectivity index (χ1n) is 32.7. The second kappa shape index (κ2) is 55.8. The smallest absolute Gasteiger partial charge is 0.456 e. The number of hydrogen-bond donors (Lipinski definition) is 2. The average Bonchev–Trinajstić information content (AvgIpc) is 3.37. The fraction of sp³-hybridized carbons (Fsp3) is 0.908. The van der Waals surface area contributed by atoms with Crippen molar-refractivity contribution in [2.24, 2.45) is 0 Å². The van der Waals surface area contributed by atoms with E-state index in [4.69, 9.17) is 13.8 Å². The topological polar surface area (TPSA) is 111 Å². The molecule has 0 saturated carbocycles. The number of nitrogens with one attached hydrogen (secondary N) is 1. The molecule has 0 rings (SSSR count). The third kappa shape index (κ3) is 57.0. The van der Waals surface area contributed by atoms with Crippen LogP contribution in [-0.4, -0.2) is 74.3 Å². The van der Waals surface area contributed by atoms with Gasteiger partial charge in [-0.05, 0) is 57.4 Å². The number of carbonyl (C=O) groups is 2. The molecule has 0 radical (unpaired) electrons. The number of unbranched alkanes of at least 4 members (excludes halogenated alkanes) is 42. The Labute approximate surface area is 466 Å². The Morgan fingerprint density at radius 3 is 1.13 bits per heavy atom. The number of amides is 1. The molecule has 3 atom stereocenters. The van der Waals surface area contributed by atoms with Gasteiger partial charge in [-0.1, -0.05) is 283 Å². The molecule has 444 valence electrons. The van der Waals surface area contributed by atoms with Gasteiger partial charge in [0.05, 0.1) is 33.8 Å². The van der Waals surface area contributed by atoms with Crippen LogP contribution in [0.15, 0.2) is 24.3 Å². The molecule has 3 unspecified atom stereocenters. The summed E-state index contributed by atoms with van der Waals surface area (Å²) in [6.07, 6.45) is 66.0. The van der Waals surface area contributed by atoms with Gasteiger partial charge < -0.3 is 19.4 Å². The highest BCUT2D eigenvalue weighted by Gasteiger charge is 2.30. The molecule has 10 heteroatoms. The number of phosphoric ester groups is 1. The zero-order valence-corrected chi connectivity index (χ0v) is 51.7. The fourth-order valence-electron chi connectivity index (χ4n) is 9.82. The molecule has 0 aromatic rings. The van der Waals surface area contributed by atoms with E-state index in [1.807, 2.05) is 33.3 Å². The average molecular weight is 1080 g/mol. The molecule has 0 spiro atoms. The minimum absolute atomic E-state index is 0.0436. The SMILES string of the molecule is CCCCCCCC/C=C/CCCCCCCCCCCC(=O)NC(COP(=O)(O)OCC[N+](C)(C)C)C(/C=C/CCCCCCCCCCCCC)OC(=O)CCCCCCCCCCCCCCCCCCC. The number of carbonyl (C=O) groups excluding carboxylic acids is 2. The van der Waals surface area contributed by atoms with Crippen molar-refractivity contribution in [2.45, 2.75) is 341 Å². The van der Waals surface area contributed by atoms with E-state index in [0.717, 1.165) is 57.8 Å². The monoisotopic (exact) mass is 1080 g/mol. The van der Waals surface area contributed by atoms with Crippen LogP contribution in [0.25, 0.3) is 0 Å². The Kier molecular flexibility index (Phi) is 54.7. The molecule has 0 fully saturated rings. The highest BCUT2D eigenvalue weighted by Crippen LogP contribution is 2.43. The Bertz CT molecular complexity index is 1340. The molecule has 0 aliphatic carbocycles. The van der Waals surface area contributed by atoms with Crippen molar-refractivity contribution < 1.29 is 37.3 Å². The second-order valence-electron chi connectivity index (χ2n) is 23.6. The van der Waals surface area contributed by atoms with Crippen LogP contribution in [0.5, 0.6) is 0 Å². The van der Waals surface area contributed by atoms with Crippen molar-refractivity contribution in [2.75, 3.05) is 40.9 Å². The van der Waals surface area contributed by atoms with Gasteiger partial charge in [0.2, 0.25) is 5.91 Å². The standard InChI is InChI=1S/C65H127N2O7P/c1-7-10-13-16-19-22-25-28-30-32-33-35-36-39-42-45-48-51-54-57-64(68)66-62(61-73-75(70,71)72-60-59-67(4,5)6)63(56-53-50-47-44-41-38-27-24-21-18-15-12-9-3)74-65(69)58-55-52-49-46-43-40-37-34-31-29-26-23-20-17-14-11-8-2/h28,30,53,56,62-63H,7-27,29,31-52,54-55,57-61H2,1-6H3,(H-,66,68,70,71)/p+1/b30-28+,56-53+. The normalized spacial score (nSPS) is 13.7. The van der Waals surface area contributed by atoms with Crippen LogP contribution in [0.1, 0.15) is 329 Å². The summed E-state index contributed by atoms with van der Waals surface area (Å²) in [5.41, 5.74) is 0. The van der Waals surface area contributed by atoms with Gasteiger partial charge in [0, 0.05) is 12.8 Å². The van der Waals surface area contributed by atoms with Crippen LogP contribution in [-0.2, 0) is 27.9 Å². The van der Waals surface area contributed by atoms with Crippen LogP contribution in [0, 0.1) is 0 Å². The lowest BCUT2D eigenvalue weighted by atomic mass is 10.0. The number of allylic oxidation sites excluding steroid dienone is 3. The molecule has 0 saturated heterocycles. The quantitative estimate of drug-likeness (QED) is 0.0205. The first-order chi connectivity index (χ1) is 36.4. The molecular formula is C65H128N2O7P+. The van der Waals surface area contributed by atoms with E-state index in [0.29, 0.717) is 23.9 Å². The van der Waals surface area contributed by atoms with Crippen LogP contribution in [0.2, 0.25) is 0 Å². The number of esters is 1. The third-order valence-electron chi connectivity index (χ3n) is 14.9. The van der Waals surface area contributed by atoms with E-state index in [1.165, 1.54) is 238 Å². The van der Waals surface area contributed by atoms with E-state index in [9.17, 15) is 19.0 Å². The number of likely N-dealkylation sites (N-methyl/N-ethyl adjacent to an activating group) is 1. The summed E-state index contributed by atoms with van der Waals surface area (Å²) < 4.78 is 30.8. The number of phosphoric acid groups is 1. The Morgan fingerprint density at radius 1 is 0.453 bits per heavy atom. The van der Waals surface area contributed by atoms with E-state index >= 15 is 0 Å². The van der Waals surface area contributed by atoms with Crippen molar-refractivity contribution >= 4 is 19.7 Å². The number of quaternary nitrogens is 1. The van der Waals surface area contributed by atoms with Gasteiger partial charge in [0.25, 0.3) is 0 Å². The summed E-state index contributed by atoms with van der Waals surface area (Å²) in [6.45, 7) is 7.06. The first kappa shape index (κ1) is 73.5. The van der Waals surface area contributed by atoms with E-state index in [1.54, 1.807) is 0 Å². The minimum atomic E-state index is -4.44. The molecule has 0 aromatic carbocycles. The van der Waals surface area contributed by atoms with Gasteiger partial charge >= 0.3 is 13.8 Å². The Balaban J connectivity index is 5.21. The molecular weight excluding hydrogens is 952 g/mol. The summed E-state index contributed by atoms with van der Waals surface area (Å²) in [4.78, 5) is 37.8. The maximum Gasteiger partial charge on any atom is 0.472 e. The van der Waals surface area contributed by atoms with Crippen molar-refractivity contribution in [1.29, 1.82) is 0 Å². The van der Waals surface area contributed by atoms with E-state index in [-0.39, 0.29) is 25.1 Å². The lowest BCUT2D eigenvalue weighted by molar-refractivity contribution is -0.870. The van der Waals surface area contributed by atoms with Crippen molar-refractivity contribution in [3.8, 4) is 0 Å². The zero-order valence-electron chi connectivity index (χ0n) is 50.8. The maximum atomic E-state index is 13.6. The molecule has 75 heavy (non-hydrogen) atoms. The summed E-state index contributed by atoms with van der Waals surface area (Å²) in [5, 5.41) is 3.07. The van der Waals surface area contributed by atoms with E-state index < -0.39 is 20.0 Å². The predicted molar refractivity (Wildman–Crippen MR) is 323 cm³/mol. The molecule has 0 aliphatic rings. The van der Waals surface area contributed by atoms with Crippen molar-refractivity contribution in [1.82, 2.24) is 5.32 Å². The van der Waals surface area contributed by atoms with Crippen LogP contribution < -0.4 is 5.32 Å². The summed E-state index contributed by atoms with van der Waals surface area (Å²) in [6, 6.07) is -0.844. The summed E-state index contributed by atoms with van der Waals surface area (Å²) >= 11 is 0. The molecule has 9 nitrogen and oxygen atoms in total. The van der Waals surface area contributed by atoms with Gasteiger partial charge in [-0.25, -0.2) is 4.57 Å². The molecule has 2 N–H and O–H groups in total. The fourth-order valence-corrected chi connectivity index (χ4v) is 10.6. The van der Waals surface area contributed by atoms with Gasteiger partial charge in [0.1, 0.15) is 19.3 Å². The number of rotatable bonds is 60. The summed E-state index contributed by atoms with van der Waals surface area (Å²) in [5.74, 6) is -0.488. The zero-order chi connectivity index (χ0) is 55.0. The molecule has 0 heterocycles. The van der Waals surface area contributed by atoms with Crippen molar-refractivity contribution in [3.63, 3.8) is 0 Å². The minimum Gasteiger partial charge on any atom is -0.456 e. The lowest BCUT2D eigenvalue weighted by Crippen LogP contribution is -2.47. The second-order valence-corrected chi connectivity index (χ2v) is 25.1. The number of nitrogens with zero attached hydrogens (tertiary/aromatic N) is 1. The van der Waals surface area contributed by atoms with Crippen molar-refractivity contribution in [3.05, 3.63) is 24.3 Å². The number of ether oxygens (including phenoxy) is 1. The van der Waals surface area contributed by atoms with Gasteiger partial charge in [-0.3, -0.25) is 18.6 Å². The first-order valence-corrected chi connectivity index (χ1v) is 34.2. The Hall–Kier alpha value is -1.51. The van der Waals surface area contributed by atoms with Crippen LogP contribution >= 0.6 is 7.82 Å². The van der Waals surface area contributed by atoms with Gasteiger partial charge in [-0.15, -0.1) is 0 Å². The van der Waals surface area contributed by atoms with E-state index in [2.05, 4.69) is 38.2 Å². The molecule has 1 amide bonds. The van der Waals surface area contributed by atoms with Gasteiger partial charge in [0.15, 0.2) is 0 Å². The lowest BCUT2D eigenvalue weighted by Gasteiger charge is -2.27. The number of hydrogen-bond acceptors (Lipinski definition) is 6. The highest BCUT2D eigenvalue weighted by atomic mass is 31.2. The maximum absolute atomic E-state index is 13.6. The molecule has 0 aliphatic heterocycles. The van der Waals surface area contributed by atoms with Gasteiger partial charge in [-0.2, -0.15) is 0 Å². The largest absolute Gasteiger partial charge is 0.472 e. The van der Waals surface area contributed by atoms with Crippen LogP contribution in [0.4, 0.5) is 0 Å². The third-order valence-corrected chi connectivity index (χ3v) is 15.9. The highest BCUT2D eigenvalue weighted by molar-refractivity contribution is 7.47. The molecule has 0 aromatic heterocycles. The Morgan fingerprint density at radius 2 is 0.773 bits per heavy atom. The van der Waals surface area contributed by atoms with Crippen LogP contribution in [0.3, 0.4) is 0 Å². The summed E-state index contributed by atoms with van der Waals surface area (Å²) in [7, 11) is 1.51. The predicted octanol–water partition coefficient (Wildman–Crippen LogP) is 20.1. The molecule has 0 bridgehead atoms.